The molecule has 1 saturated heterocycles. The van der Waals surface area contributed by atoms with Crippen molar-refractivity contribution in [3.63, 3.8) is 0 Å². The molecule has 1 fully saturated rings. The number of hydrogen-bond acceptors (Lipinski definition) is 4. The quantitative estimate of drug-likeness (QED) is 0.596. The number of carbonyl (C=O) groups is 2. The highest BCUT2D eigenvalue weighted by atomic mass is 16.5. The number of ketones is 2. The molecule has 1 atom stereocenters. The van der Waals surface area contributed by atoms with Gasteiger partial charge >= 0.3 is 0 Å². The maximum atomic E-state index is 11.3. The molecule has 0 amide bonds. The Bertz CT molecular complexity index is 321. The average Bonchev–Trinajstić information content (AvgIpc) is 2.64. The third-order valence-electron chi connectivity index (χ3n) is 2.10. The first-order valence-corrected chi connectivity index (χ1v) is 4.48. The third-order valence-corrected chi connectivity index (χ3v) is 2.10. The van der Waals surface area contributed by atoms with E-state index in [9.17, 15) is 9.59 Å². The van der Waals surface area contributed by atoms with Gasteiger partial charge in [-0.15, -0.1) is 0 Å². The van der Waals surface area contributed by atoms with Crippen LogP contribution in [-0.2, 0) is 19.1 Å². The Morgan fingerprint density at radius 2 is 2.21 bits per heavy atom. The van der Waals surface area contributed by atoms with E-state index in [1.54, 1.807) is 0 Å². The van der Waals surface area contributed by atoms with E-state index in [2.05, 4.69) is 0 Å². The maximum Gasteiger partial charge on any atom is 0.220 e. The van der Waals surface area contributed by atoms with Gasteiger partial charge in [0.15, 0.2) is 11.5 Å². The zero-order valence-corrected chi connectivity index (χ0v) is 7.56. The van der Waals surface area contributed by atoms with Crippen LogP contribution in [0.1, 0.15) is 6.42 Å². The summed E-state index contributed by atoms with van der Waals surface area (Å²) in [7, 11) is 0. The lowest BCUT2D eigenvalue weighted by atomic mass is 10.1. The van der Waals surface area contributed by atoms with Crippen LogP contribution in [0.5, 0.6) is 0 Å². The molecule has 74 valence electrons. The summed E-state index contributed by atoms with van der Waals surface area (Å²) in [6.45, 7) is 1.14. The molecular formula is C10H10O4. The highest BCUT2D eigenvalue weighted by Crippen LogP contribution is 2.15. The fourth-order valence-corrected chi connectivity index (χ4v) is 1.37. The Kier molecular flexibility index (Phi) is 2.45. The van der Waals surface area contributed by atoms with E-state index in [1.165, 1.54) is 18.2 Å². The first kappa shape index (κ1) is 9.15. The topological polar surface area (TPSA) is 52.6 Å². The molecule has 0 bridgehead atoms. The Hall–Kier alpha value is -1.42. The fraction of sp³-hybridized carbons (Fsp3) is 0.400. The highest BCUT2D eigenvalue weighted by molar-refractivity contribution is 6.16. The molecule has 2 rings (SSSR count). The van der Waals surface area contributed by atoms with Crippen LogP contribution in [0.15, 0.2) is 24.0 Å². The maximum absolute atomic E-state index is 11.3. The SMILES string of the molecule is O=C1C=CC(=O)C(OC2CCOC2)=C1. The van der Waals surface area contributed by atoms with Crippen LogP contribution in [0.4, 0.5) is 0 Å². The minimum Gasteiger partial charge on any atom is -0.484 e. The van der Waals surface area contributed by atoms with Gasteiger partial charge in [0.05, 0.1) is 13.2 Å². The van der Waals surface area contributed by atoms with Crippen LogP contribution in [0.2, 0.25) is 0 Å². The summed E-state index contributed by atoms with van der Waals surface area (Å²) in [6.07, 6.45) is 4.36. The molecule has 0 saturated carbocycles. The molecule has 4 nitrogen and oxygen atoms in total. The van der Waals surface area contributed by atoms with Crippen molar-refractivity contribution in [3.05, 3.63) is 24.0 Å². The minimum atomic E-state index is -0.253. The Morgan fingerprint density at radius 1 is 1.36 bits per heavy atom. The van der Waals surface area contributed by atoms with E-state index >= 15 is 0 Å². The Labute approximate surface area is 81.2 Å². The van der Waals surface area contributed by atoms with E-state index in [4.69, 9.17) is 9.47 Å². The van der Waals surface area contributed by atoms with E-state index in [0.29, 0.717) is 13.2 Å². The van der Waals surface area contributed by atoms with Crippen molar-refractivity contribution >= 4 is 11.6 Å². The van der Waals surface area contributed by atoms with Crippen LogP contribution in [0.3, 0.4) is 0 Å². The number of allylic oxidation sites excluding steroid dienone is 3. The molecule has 0 spiro atoms. The second-order valence-electron chi connectivity index (χ2n) is 3.21. The lowest BCUT2D eigenvalue weighted by molar-refractivity contribution is -0.118. The predicted octanol–water partition coefficient (Wildman–Crippen LogP) is 0.384. The summed E-state index contributed by atoms with van der Waals surface area (Å²) in [5, 5.41) is 0. The van der Waals surface area contributed by atoms with Gasteiger partial charge in [0.2, 0.25) is 5.78 Å². The Morgan fingerprint density at radius 3 is 2.93 bits per heavy atom. The number of carbonyl (C=O) groups excluding carboxylic acids is 2. The van der Waals surface area contributed by atoms with Crippen LogP contribution in [0, 0.1) is 0 Å². The van der Waals surface area contributed by atoms with Crippen molar-refractivity contribution in [2.24, 2.45) is 0 Å². The van der Waals surface area contributed by atoms with Crippen molar-refractivity contribution in [3.8, 4) is 0 Å². The van der Waals surface area contributed by atoms with Crippen LogP contribution >= 0.6 is 0 Å². The van der Waals surface area contributed by atoms with Gasteiger partial charge in [-0.1, -0.05) is 0 Å². The summed E-state index contributed by atoms with van der Waals surface area (Å²) in [5.74, 6) is -0.331. The summed E-state index contributed by atoms with van der Waals surface area (Å²) in [5.41, 5.74) is 0. The zero-order chi connectivity index (χ0) is 9.97. The van der Waals surface area contributed by atoms with Gasteiger partial charge in [-0.2, -0.15) is 0 Å². The van der Waals surface area contributed by atoms with E-state index in [-0.39, 0.29) is 23.4 Å². The molecular weight excluding hydrogens is 184 g/mol. The molecule has 1 aliphatic heterocycles. The van der Waals surface area contributed by atoms with E-state index < -0.39 is 0 Å². The summed E-state index contributed by atoms with van der Waals surface area (Å²) < 4.78 is 10.4. The number of rotatable bonds is 2. The molecule has 1 heterocycles. The van der Waals surface area contributed by atoms with Gasteiger partial charge in [-0.05, 0) is 12.2 Å². The summed E-state index contributed by atoms with van der Waals surface area (Å²) >= 11 is 0. The average molecular weight is 194 g/mol. The second-order valence-corrected chi connectivity index (χ2v) is 3.21. The molecule has 0 aromatic heterocycles. The lowest BCUT2D eigenvalue weighted by Gasteiger charge is -2.14. The van der Waals surface area contributed by atoms with Gasteiger partial charge in [0.1, 0.15) is 6.10 Å². The van der Waals surface area contributed by atoms with Crippen LogP contribution in [-0.4, -0.2) is 30.9 Å². The largest absolute Gasteiger partial charge is 0.484 e. The first-order chi connectivity index (χ1) is 6.75. The Balaban J connectivity index is 2.02. The first-order valence-electron chi connectivity index (χ1n) is 4.48. The normalized spacial score (nSPS) is 26.6. The molecule has 0 radical (unpaired) electrons. The molecule has 1 unspecified atom stereocenters. The molecule has 0 aromatic carbocycles. The van der Waals surface area contributed by atoms with Gasteiger partial charge in [-0.25, -0.2) is 0 Å². The summed E-state index contributed by atoms with van der Waals surface area (Å²) in [6, 6.07) is 0. The molecule has 14 heavy (non-hydrogen) atoms. The fourth-order valence-electron chi connectivity index (χ4n) is 1.37. The van der Waals surface area contributed by atoms with Crippen LogP contribution < -0.4 is 0 Å². The highest BCUT2D eigenvalue weighted by Gasteiger charge is 2.22. The number of hydrogen-bond donors (Lipinski definition) is 0. The van der Waals surface area contributed by atoms with Crippen molar-refractivity contribution in [2.75, 3.05) is 13.2 Å². The van der Waals surface area contributed by atoms with Gasteiger partial charge < -0.3 is 9.47 Å². The third kappa shape index (κ3) is 1.90. The standard InChI is InChI=1S/C10H10O4/c11-7-1-2-9(12)10(5-7)14-8-3-4-13-6-8/h1-2,5,8H,3-4,6H2. The number of ether oxygens (including phenoxy) is 2. The van der Waals surface area contributed by atoms with Crippen molar-refractivity contribution in [1.82, 2.24) is 0 Å². The monoisotopic (exact) mass is 194 g/mol. The van der Waals surface area contributed by atoms with Gasteiger partial charge in [0, 0.05) is 12.5 Å². The smallest absolute Gasteiger partial charge is 0.220 e. The summed E-state index contributed by atoms with van der Waals surface area (Å²) in [4.78, 5) is 22.2. The van der Waals surface area contributed by atoms with Gasteiger partial charge in [-0.3, -0.25) is 9.59 Å². The predicted molar refractivity (Wildman–Crippen MR) is 47.5 cm³/mol. The molecule has 0 aromatic rings. The zero-order valence-electron chi connectivity index (χ0n) is 7.56. The van der Waals surface area contributed by atoms with E-state index in [0.717, 1.165) is 6.42 Å². The van der Waals surface area contributed by atoms with Crippen molar-refractivity contribution in [1.29, 1.82) is 0 Å². The van der Waals surface area contributed by atoms with Gasteiger partial charge in [0.25, 0.3) is 0 Å². The molecule has 1 aliphatic carbocycles. The lowest BCUT2D eigenvalue weighted by Crippen LogP contribution is -2.18. The molecule has 0 N–H and O–H groups in total. The van der Waals surface area contributed by atoms with Crippen molar-refractivity contribution in [2.45, 2.75) is 12.5 Å². The van der Waals surface area contributed by atoms with Crippen molar-refractivity contribution < 1.29 is 19.1 Å². The second kappa shape index (κ2) is 3.75. The minimum absolute atomic E-state index is 0.0931. The molecule has 4 heteroatoms. The molecule has 2 aliphatic rings. The van der Waals surface area contributed by atoms with E-state index in [1.807, 2.05) is 0 Å². The van der Waals surface area contributed by atoms with Crippen LogP contribution in [0.25, 0.3) is 0 Å².